The average molecular weight is 542 g/mol. The molecule has 1 aromatic carbocycles. The molecule has 0 aliphatic carbocycles. The molecular formula is C26H27N3O6S2. The lowest BCUT2D eigenvalue weighted by atomic mass is 9.77. The van der Waals surface area contributed by atoms with E-state index in [1.165, 1.54) is 34.9 Å². The molecular weight excluding hydrogens is 514 g/mol. The summed E-state index contributed by atoms with van der Waals surface area (Å²) in [5, 5.41) is 11.1. The fourth-order valence-corrected chi connectivity index (χ4v) is 7.09. The van der Waals surface area contributed by atoms with Crippen molar-refractivity contribution in [1.82, 2.24) is 14.3 Å². The predicted octanol–water partition coefficient (Wildman–Crippen LogP) is 3.74. The van der Waals surface area contributed by atoms with Gasteiger partial charge in [-0.25, -0.2) is 14.6 Å². The minimum Gasteiger partial charge on any atom is -0.422 e. The van der Waals surface area contributed by atoms with Gasteiger partial charge in [0, 0.05) is 24.6 Å². The van der Waals surface area contributed by atoms with Crippen LogP contribution in [0, 0.1) is 18.8 Å². The summed E-state index contributed by atoms with van der Waals surface area (Å²) in [5.74, 6) is -2.52. The number of imidazole rings is 1. The first-order valence-electron chi connectivity index (χ1n) is 11.9. The Hall–Kier alpha value is -3.15. The monoisotopic (exact) mass is 541 g/mol. The van der Waals surface area contributed by atoms with Crippen LogP contribution in [0.4, 0.5) is 0 Å². The molecule has 1 unspecified atom stereocenters. The van der Waals surface area contributed by atoms with E-state index in [4.69, 9.17) is 9.47 Å². The number of hydrogen-bond donors (Lipinski definition) is 1. The molecule has 1 N–H and O–H groups in total. The summed E-state index contributed by atoms with van der Waals surface area (Å²) in [6.45, 7) is 6.78. The van der Waals surface area contributed by atoms with Gasteiger partial charge in [0.25, 0.3) is 0 Å². The summed E-state index contributed by atoms with van der Waals surface area (Å²) < 4.78 is 12.8. The van der Waals surface area contributed by atoms with Gasteiger partial charge in [-0.3, -0.25) is 9.20 Å². The van der Waals surface area contributed by atoms with Gasteiger partial charge < -0.3 is 19.5 Å². The van der Waals surface area contributed by atoms with E-state index in [1.54, 1.807) is 38.4 Å². The van der Waals surface area contributed by atoms with Gasteiger partial charge in [-0.1, -0.05) is 25.1 Å². The molecule has 3 aromatic rings. The number of thioether (sulfide) groups is 1. The molecule has 2 aliphatic heterocycles. The highest BCUT2D eigenvalue weighted by molar-refractivity contribution is 7.98. The summed E-state index contributed by atoms with van der Waals surface area (Å²) in [5.41, 5.74) is 1.92. The molecule has 0 bridgehead atoms. The van der Waals surface area contributed by atoms with Gasteiger partial charge in [-0.15, -0.1) is 23.1 Å². The first-order chi connectivity index (χ1) is 17.6. The summed E-state index contributed by atoms with van der Waals surface area (Å²) in [7, 11) is 0. The molecule has 0 radical (unpaired) electrons. The number of esters is 2. The van der Waals surface area contributed by atoms with Crippen molar-refractivity contribution < 1.29 is 29.0 Å². The lowest BCUT2D eigenvalue weighted by Crippen LogP contribution is -2.63. The first-order valence-corrected chi connectivity index (χ1v) is 13.9. The number of carbonyl (C=O) groups is 3. The lowest BCUT2D eigenvalue weighted by Gasteiger charge is -2.46. The van der Waals surface area contributed by atoms with Crippen LogP contribution in [0.3, 0.4) is 0 Å². The van der Waals surface area contributed by atoms with E-state index >= 15 is 0 Å². The molecule has 5 atom stereocenters. The van der Waals surface area contributed by atoms with Crippen molar-refractivity contribution in [2.45, 2.75) is 51.2 Å². The zero-order valence-corrected chi connectivity index (χ0v) is 22.6. The Morgan fingerprint density at radius 1 is 1.19 bits per heavy atom. The smallest absolute Gasteiger partial charge is 0.358 e. The van der Waals surface area contributed by atoms with Crippen molar-refractivity contribution in [1.29, 1.82) is 0 Å². The van der Waals surface area contributed by atoms with E-state index in [2.05, 4.69) is 4.98 Å². The molecule has 2 aliphatic rings. The number of amides is 1. The summed E-state index contributed by atoms with van der Waals surface area (Å²) >= 11 is 3.00. The molecule has 1 amide bonds. The largest absolute Gasteiger partial charge is 0.422 e. The van der Waals surface area contributed by atoms with Gasteiger partial charge >= 0.3 is 11.9 Å². The highest BCUT2D eigenvalue weighted by atomic mass is 32.2. The number of aliphatic hydroxyl groups excluding tert-OH is 1. The fourth-order valence-electron chi connectivity index (χ4n) is 5.17. The molecule has 0 saturated carbocycles. The summed E-state index contributed by atoms with van der Waals surface area (Å²) in [6, 6.07) is 6.61. The number of nitrogens with zero attached hydrogens (tertiary/aromatic N) is 3. The number of hydrogen-bond acceptors (Lipinski definition) is 9. The van der Waals surface area contributed by atoms with Gasteiger partial charge in [0.1, 0.15) is 21.9 Å². The number of aliphatic hydroxyl groups is 1. The third-order valence-electron chi connectivity index (χ3n) is 6.91. The van der Waals surface area contributed by atoms with E-state index < -0.39 is 30.3 Å². The third kappa shape index (κ3) is 4.14. The van der Waals surface area contributed by atoms with Crippen LogP contribution < -0.4 is 0 Å². The first kappa shape index (κ1) is 25.5. The van der Waals surface area contributed by atoms with Gasteiger partial charge in [-0.2, -0.15) is 0 Å². The van der Waals surface area contributed by atoms with Crippen molar-refractivity contribution >= 4 is 51.3 Å². The normalized spacial score (nSPS) is 22.6. The van der Waals surface area contributed by atoms with Crippen molar-refractivity contribution in [3.05, 3.63) is 58.5 Å². The Labute approximate surface area is 222 Å². The Morgan fingerprint density at radius 2 is 1.89 bits per heavy atom. The minimum absolute atomic E-state index is 0.126. The number of carbonyl (C=O) groups excluding carboxylic acids is 3. The number of rotatable bonds is 7. The highest BCUT2D eigenvalue weighted by Gasteiger charge is 2.60. The Kier molecular flexibility index (Phi) is 6.63. The molecule has 2 aromatic heterocycles. The number of benzene rings is 1. The van der Waals surface area contributed by atoms with Crippen LogP contribution in [0.2, 0.25) is 0 Å². The number of β-lactam (4-membered cyclic amide) rings is 1. The second-order valence-corrected chi connectivity index (χ2v) is 11.1. The van der Waals surface area contributed by atoms with Crippen LogP contribution in [-0.2, 0) is 19.1 Å². The maximum absolute atomic E-state index is 13.5. The fraction of sp³-hybridized carbons (Fsp3) is 0.385. The number of aromatic nitrogens is 2. The van der Waals surface area contributed by atoms with Crippen LogP contribution >= 0.6 is 23.1 Å². The number of thiazole rings is 1. The average Bonchev–Trinajstić information content (AvgIpc) is 3.48. The second kappa shape index (κ2) is 9.62. The van der Waals surface area contributed by atoms with Gasteiger partial charge in [0.05, 0.1) is 28.5 Å². The van der Waals surface area contributed by atoms with E-state index in [0.717, 1.165) is 20.3 Å². The van der Waals surface area contributed by atoms with Crippen LogP contribution in [0.15, 0.2) is 47.5 Å². The molecule has 0 spiro atoms. The van der Waals surface area contributed by atoms with E-state index in [9.17, 15) is 19.5 Å². The topological polar surface area (TPSA) is 110 Å². The standard InChI is InChI=1S/C26H27N3O6S2/c1-12-8-6-7-9-16(12)25(32)34-15(4)35-26(33)21-18(13(2)20-19(14(3)30)23(31)29(20)21)17-10-28-11-27-22(36-5)24(28)37-17/h6-11,13-15,19-20,30H,1-5H3/t13-,14+,15?,19+,20+/m0/s1. The summed E-state index contributed by atoms with van der Waals surface area (Å²) in [4.78, 5) is 46.7. The second-order valence-electron chi connectivity index (χ2n) is 9.27. The van der Waals surface area contributed by atoms with Crippen molar-refractivity contribution in [3.8, 4) is 0 Å². The minimum atomic E-state index is -1.18. The van der Waals surface area contributed by atoms with Gasteiger partial charge in [-0.05, 0) is 31.7 Å². The Bertz CT molecular complexity index is 1440. The van der Waals surface area contributed by atoms with Crippen molar-refractivity contribution in [2.75, 3.05) is 6.26 Å². The summed E-state index contributed by atoms with van der Waals surface area (Å²) in [6.07, 6.45) is 3.51. The Balaban J connectivity index is 1.47. The molecule has 9 nitrogen and oxygen atoms in total. The van der Waals surface area contributed by atoms with E-state index in [0.29, 0.717) is 11.1 Å². The number of aryl methyl sites for hydroxylation is 1. The highest BCUT2D eigenvalue weighted by Crippen LogP contribution is 2.52. The lowest BCUT2D eigenvalue weighted by molar-refractivity contribution is -0.172. The van der Waals surface area contributed by atoms with Gasteiger partial charge in [0.2, 0.25) is 12.2 Å². The quantitative estimate of drug-likeness (QED) is 0.209. The van der Waals surface area contributed by atoms with Crippen molar-refractivity contribution in [3.63, 3.8) is 0 Å². The Morgan fingerprint density at radius 3 is 2.57 bits per heavy atom. The molecule has 1 saturated heterocycles. The third-order valence-corrected chi connectivity index (χ3v) is 8.87. The van der Waals surface area contributed by atoms with Crippen LogP contribution in [0.1, 0.15) is 41.6 Å². The van der Waals surface area contributed by atoms with Gasteiger partial charge in [0.15, 0.2) is 0 Å². The molecule has 194 valence electrons. The maximum Gasteiger partial charge on any atom is 0.358 e. The van der Waals surface area contributed by atoms with Crippen LogP contribution in [0.25, 0.3) is 10.4 Å². The van der Waals surface area contributed by atoms with Crippen molar-refractivity contribution in [2.24, 2.45) is 11.8 Å². The number of fused-ring (bicyclic) bond motifs is 2. The predicted molar refractivity (Wildman–Crippen MR) is 139 cm³/mol. The molecule has 1 fully saturated rings. The van der Waals surface area contributed by atoms with Crippen LogP contribution in [-0.4, -0.2) is 61.9 Å². The molecule has 5 rings (SSSR count). The molecule has 11 heteroatoms. The van der Waals surface area contributed by atoms with E-state index in [-0.39, 0.29) is 23.6 Å². The maximum atomic E-state index is 13.5. The number of ether oxygens (including phenoxy) is 2. The van der Waals surface area contributed by atoms with E-state index in [1.807, 2.05) is 29.8 Å². The zero-order valence-electron chi connectivity index (χ0n) is 21.0. The zero-order chi connectivity index (χ0) is 26.6. The molecule has 4 heterocycles. The molecule has 37 heavy (non-hydrogen) atoms. The SMILES string of the molecule is CSc1ncn2cc(C3=C(C(=O)OC(C)OC(=O)c4ccccc4C)N4C(=O)[C@H]([C@@H](C)O)[C@H]4[C@H]3C)sc12. The van der Waals surface area contributed by atoms with Crippen LogP contribution in [0.5, 0.6) is 0 Å².